The highest BCUT2D eigenvalue weighted by atomic mass is 19.1. The van der Waals surface area contributed by atoms with Crippen molar-refractivity contribution < 1.29 is 18.9 Å². The summed E-state index contributed by atoms with van der Waals surface area (Å²) >= 11 is 0. The zero-order valence-corrected chi connectivity index (χ0v) is 18.1. The molecule has 1 fully saturated rings. The van der Waals surface area contributed by atoms with E-state index < -0.39 is 22.7 Å². The molecule has 0 aromatic heterocycles. The van der Waals surface area contributed by atoms with Gasteiger partial charge in [-0.25, -0.2) is 4.39 Å². The van der Waals surface area contributed by atoms with Crippen molar-refractivity contribution >= 4 is 17.5 Å². The highest BCUT2D eigenvalue weighted by Crippen LogP contribution is 2.22. The molecule has 1 aliphatic rings. The standard InChI is InChI=1S/C24H28FN3O4/c1-17(24(30)26-20-11-3-2-4-12-20)27(16-19-10-5-7-13-21(19)25)23(29)15-18-9-6-8-14-22(18)28(31)32/h5-10,13-14,17,20H,2-4,11-12,15-16H2,1H3,(H,26,30). The summed E-state index contributed by atoms with van der Waals surface area (Å²) in [7, 11) is 0. The molecule has 170 valence electrons. The first-order valence-electron chi connectivity index (χ1n) is 10.9. The number of carbonyl (C=O) groups is 2. The van der Waals surface area contributed by atoms with Crippen LogP contribution in [-0.4, -0.2) is 33.7 Å². The number of nitro groups is 1. The third-order valence-corrected chi connectivity index (χ3v) is 5.95. The average molecular weight is 442 g/mol. The molecule has 8 heteroatoms. The van der Waals surface area contributed by atoms with Crippen LogP contribution in [0.25, 0.3) is 0 Å². The van der Waals surface area contributed by atoms with Crippen molar-refractivity contribution in [3.8, 4) is 0 Å². The topological polar surface area (TPSA) is 92.6 Å². The van der Waals surface area contributed by atoms with Crippen molar-refractivity contribution in [1.82, 2.24) is 10.2 Å². The van der Waals surface area contributed by atoms with Gasteiger partial charge >= 0.3 is 0 Å². The predicted molar refractivity (Wildman–Crippen MR) is 118 cm³/mol. The zero-order valence-electron chi connectivity index (χ0n) is 18.1. The minimum atomic E-state index is -0.855. The lowest BCUT2D eigenvalue weighted by Gasteiger charge is -2.31. The van der Waals surface area contributed by atoms with Gasteiger partial charge in [0.2, 0.25) is 11.8 Å². The molecule has 0 radical (unpaired) electrons. The second-order valence-corrected chi connectivity index (χ2v) is 8.20. The molecule has 1 atom stereocenters. The van der Waals surface area contributed by atoms with Crippen molar-refractivity contribution in [2.24, 2.45) is 0 Å². The smallest absolute Gasteiger partial charge is 0.273 e. The molecule has 0 heterocycles. The second-order valence-electron chi connectivity index (χ2n) is 8.20. The number of rotatable bonds is 8. The Balaban J connectivity index is 1.82. The Labute approximate surface area is 186 Å². The lowest BCUT2D eigenvalue weighted by atomic mass is 9.95. The molecule has 2 aromatic carbocycles. The fourth-order valence-corrected chi connectivity index (χ4v) is 4.06. The largest absolute Gasteiger partial charge is 0.352 e. The molecule has 0 bridgehead atoms. The van der Waals surface area contributed by atoms with E-state index >= 15 is 0 Å². The van der Waals surface area contributed by atoms with Crippen LogP contribution >= 0.6 is 0 Å². The molecule has 2 aromatic rings. The van der Waals surface area contributed by atoms with E-state index in [-0.39, 0.29) is 41.7 Å². The number of nitrogens with zero attached hydrogens (tertiary/aromatic N) is 2. The number of amides is 2. The van der Waals surface area contributed by atoms with Crippen LogP contribution in [0.5, 0.6) is 0 Å². The SMILES string of the molecule is CC(C(=O)NC1CCCCC1)N(Cc1ccccc1F)C(=O)Cc1ccccc1[N+](=O)[O-]. The monoisotopic (exact) mass is 441 g/mol. The van der Waals surface area contributed by atoms with Crippen LogP contribution in [0.2, 0.25) is 0 Å². The number of para-hydroxylation sites is 1. The van der Waals surface area contributed by atoms with E-state index in [1.165, 1.54) is 29.2 Å². The number of carbonyl (C=O) groups excluding carboxylic acids is 2. The number of benzene rings is 2. The van der Waals surface area contributed by atoms with E-state index in [0.29, 0.717) is 0 Å². The van der Waals surface area contributed by atoms with E-state index in [1.807, 2.05) is 0 Å². The third-order valence-electron chi connectivity index (χ3n) is 5.95. The van der Waals surface area contributed by atoms with Gasteiger partial charge in [0.1, 0.15) is 11.9 Å². The molecule has 1 aliphatic carbocycles. The number of nitro benzene ring substituents is 1. The summed E-state index contributed by atoms with van der Waals surface area (Å²) in [6.45, 7) is 1.50. The van der Waals surface area contributed by atoms with Gasteiger partial charge in [-0.1, -0.05) is 55.7 Å². The van der Waals surface area contributed by atoms with E-state index in [0.717, 1.165) is 32.1 Å². The van der Waals surface area contributed by atoms with Crippen LogP contribution in [0.15, 0.2) is 48.5 Å². The Bertz CT molecular complexity index is 975. The van der Waals surface area contributed by atoms with Gasteiger partial charge in [-0.15, -0.1) is 0 Å². The van der Waals surface area contributed by atoms with Crippen molar-refractivity contribution in [1.29, 1.82) is 0 Å². The Kier molecular flexibility index (Phi) is 7.92. The summed E-state index contributed by atoms with van der Waals surface area (Å²) in [5, 5.41) is 14.4. The summed E-state index contributed by atoms with van der Waals surface area (Å²) in [6.07, 6.45) is 4.79. The van der Waals surface area contributed by atoms with Gasteiger partial charge in [0.25, 0.3) is 5.69 Å². The van der Waals surface area contributed by atoms with Gasteiger partial charge in [0, 0.05) is 29.8 Å². The maximum Gasteiger partial charge on any atom is 0.273 e. The van der Waals surface area contributed by atoms with Gasteiger partial charge in [0.15, 0.2) is 0 Å². The zero-order chi connectivity index (χ0) is 23.1. The molecule has 2 amide bonds. The summed E-state index contributed by atoms with van der Waals surface area (Å²) in [4.78, 5) is 38.3. The van der Waals surface area contributed by atoms with Crippen LogP contribution in [-0.2, 0) is 22.6 Å². The molecule has 3 rings (SSSR count). The molecule has 0 aliphatic heterocycles. The highest BCUT2D eigenvalue weighted by Gasteiger charge is 2.30. The fraction of sp³-hybridized carbons (Fsp3) is 0.417. The third kappa shape index (κ3) is 5.90. The first kappa shape index (κ1) is 23.4. The summed E-state index contributed by atoms with van der Waals surface area (Å²) in [5.41, 5.74) is 0.368. The van der Waals surface area contributed by atoms with Crippen molar-refractivity contribution in [2.45, 2.75) is 64.1 Å². The maximum atomic E-state index is 14.3. The molecule has 1 unspecified atom stereocenters. The summed E-state index contributed by atoms with van der Waals surface area (Å²) in [5.74, 6) is -1.26. The van der Waals surface area contributed by atoms with Gasteiger partial charge in [0.05, 0.1) is 11.3 Å². The number of hydrogen-bond donors (Lipinski definition) is 1. The Morgan fingerprint density at radius 2 is 1.72 bits per heavy atom. The normalized spacial score (nSPS) is 15.1. The van der Waals surface area contributed by atoms with Crippen molar-refractivity contribution in [2.75, 3.05) is 0 Å². The van der Waals surface area contributed by atoms with Crippen LogP contribution in [0.3, 0.4) is 0 Å². The molecule has 32 heavy (non-hydrogen) atoms. The average Bonchev–Trinajstić information content (AvgIpc) is 2.79. The number of hydrogen-bond acceptors (Lipinski definition) is 4. The molecule has 0 spiro atoms. The van der Waals surface area contributed by atoms with E-state index in [1.54, 1.807) is 31.2 Å². The predicted octanol–water partition coefficient (Wildman–Crippen LogP) is 4.14. The number of nitrogens with one attached hydrogen (secondary N) is 1. The maximum absolute atomic E-state index is 14.3. The van der Waals surface area contributed by atoms with Gasteiger partial charge in [-0.2, -0.15) is 0 Å². The minimum absolute atomic E-state index is 0.0688. The Morgan fingerprint density at radius 3 is 2.38 bits per heavy atom. The Morgan fingerprint density at radius 1 is 1.09 bits per heavy atom. The fourth-order valence-electron chi connectivity index (χ4n) is 4.06. The molecule has 1 saturated carbocycles. The second kappa shape index (κ2) is 10.8. The van der Waals surface area contributed by atoms with Crippen LogP contribution < -0.4 is 5.32 Å². The lowest BCUT2D eigenvalue weighted by Crippen LogP contribution is -2.50. The van der Waals surface area contributed by atoms with Crippen molar-refractivity contribution in [3.05, 3.63) is 75.6 Å². The first-order chi connectivity index (χ1) is 15.4. The molecule has 1 N–H and O–H groups in total. The molecular formula is C24H28FN3O4. The van der Waals surface area contributed by atoms with Crippen LogP contribution in [0, 0.1) is 15.9 Å². The lowest BCUT2D eigenvalue weighted by molar-refractivity contribution is -0.385. The molecular weight excluding hydrogens is 413 g/mol. The van der Waals surface area contributed by atoms with Crippen molar-refractivity contribution in [3.63, 3.8) is 0 Å². The summed E-state index contributed by atoms with van der Waals surface area (Å²) in [6, 6.07) is 11.3. The van der Waals surface area contributed by atoms with Gasteiger partial charge < -0.3 is 10.2 Å². The Hall–Kier alpha value is -3.29. The van der Waals surface area contributed by atoms with Crippen LogP contribution in [0.4, 0.5) is 10.1 Å². The molecule has 0 saturated heterocycles. The minimum Gasteiger partial charge on any atom is -0.352 e. The quantitative estimate of drug-likeness (QED) is 0.492. The van der Waals surface area contributed by atoms with E-state index in [4.69, 9.17) is 0 Å². The molecule has 7 nitrogen and oxygen atoms in total. The van der Waals surface area contributed by atoms with E-state index in [9.17, 15) is 24.1 Å². The van der Waals surface area contributed by atoms with Gasteiger partial charge in [-0.05, 0) is 25.8 Å². The van der Waals surface area contributed by atoms with Crippen LogP contribution in [0.1, 0.15) is 50.2 Å². The van der Waals surface area contributed by atoms with E-state index in [2.05, 4.69) is 5.32 Å². The first-order valence-corrected chi connectivity index (χ1v) is 10.9. The summed E-state index contributed by atoms with van der Waals surface area (Å²) < 4.78 is 14.3. The van der Waals surface area contributed by atoms with Gasteiger partial charge in [-0.3, -0.25) is 19.7 Å². The number of halogens is 1. The highest BCUT2D eigenvalue weighted by molar-refractivity contribution is 5.88.